The van der Waals surface area contributed by atoms with Crippen LogP contribution in [0.5, 0.6) is 11.5 Å². The van der Waals surface area contributed by atoms with Crippen molar-refractivity contribution in [3.8, 4) is 11.5 Å². The van der Waals surface area contributed by atoms with Crippen LogP contribution >= 0.6 is 0 Å². The molecule has 0 spiro atoms. The molecule has 0 amide bonds. The predicted molar refractivity (Wildman–Crippen MR) is 104 cm³/mol. The summed E-state index contributed by atoms with van der Waals surface area (Å²) in [5, 5.41) is 52.3. The summed E-state index contributed by atoms with van der Waals surface area (Å²) in [4.78, 5) is 21.0. The second-order valence-electron chi connectivity index (χ2n) is 5.95. The van der Waals surface area contributed by atoms with Crippen LogP contribution in [0.3, 0.4) is 0 Å². The van der Waals surface area contributed by atoms with Gasteiger partial charge in [0.25, 0.3) is 0 Å². The maximum Gasteiger partial charge on any atom is 0.335 e. The first kappa shape index (κ1) is 24.9. The molecule has 0 fully saturated rings. The van der Waals surface area contributed by atoms with E-state index >= 15 is 0 Å². The number of ether oxygens (including phenoxy) is 2. The van der Waals surface area contributed by atoms with E-state index in [0.717, 1.165) is 0 Å². The normalized spacial score (nSPS) is 12.1. The number of carbonyl (C=O) groups is 2. The number of rotatable bonds is 10. The molecule has 0 saturated heterocycles. The molecule has 6 N–H and O–H groups in total. The molecule has 10 heteroatoms. The van der Waals surface area contributed by atoms with Gasteiger partial charge in [0.05, 0.1) is 24.3 Å². The zero-order valence-electron chi connectivity index (χ0n) is 15.9. The average molecular weight is 424 g/mol. The van der Waals surface area contributed by atoms with Gasteiger partial charge in [-0.05, 0) is 48.5 Å². The molecule has 164 valence electrons. The zero-order valence-corrected chi connectivity index (χ0v) is 15.9. The Morgan fingerprint density at radius 2 is 0.967 bits per heavy atom. The van der Waals surface area contributed by atoms with Crippen molar-refractivity contribution in [2.24, 2.45) is 0 Å². The number of aliphatic hydroxyl groups excluding tert-OH is 4. The molecule has 2 aromatic carbocycles. The molecule has 0 radical (unpaired) electrons. The molecular weight excluding hydrogens is 400 g/mol. The minimum Gasteiger partial charge on any atom is -0.491 e. The lowest BCUT2D eigenvalue weighted by molar-refractivity contribution is 0.0536. The van der Waals surface area contributed by atoms with Gasteiger partial charge in [0.2, 0.25) is 0 Å². The predicted octanol–water partition coefficient (Wildman–Crippen LogP) is 0.234. The molecule has 0 aliphatic heterocycles. The van der Waals surface area contributed by atoms with Crippen LogP contribution in [-0.2, 0) is 0 Å². The summed E-state index contributed by atoms with van der Waals surface area (Å²) < 4.78 is 10.2. The standard InChI is InChI=1S/2C10H12O5/c2*11-5-8(12)6-15-9-3-1-7(2-4-9)10(13)14/h2*1-4,8,11-12H,5-6H2,(H,13,14)/t2*8-/m11/s1. The maximum atomic E-state index is 10.5. The first-order chi connectivity index (χ1) is 14.3. The van der Waals surface area contributed by atoms with Crippen LogP contribution < -0.4 is 9.47 Å². The minimum atomic E-state index is -1.00. The molecule has 0 saturated carbocycles. The third-order valence-corrected chi connectivity index (χ3v) is 3.51. The van der Waals surface area contributed by atoms with E-state index in [-0.39, 0.29) is 37.6 Å². The summed E-state index contributed by atoms with van der Waals surface area (Å²) in [6.07, 6.45) is -1.85. The van der Waals surface area contributed by atoms with Crippen molar-refractivity contribution in [3.63, 3.8) is 0 Å². The zero-order chi connectivity index (χ0) is 22.5. The van der Waals surface area contributed by atoms with Gasteiger partial charge in [-0.3, -0.25) is 0 Å². The van der Waals surface area contributed by atoms with Gasteiger partial charge in [-0.25, -0.2) is 9.59 Å². The Morgan fingerprint density at radius 1 is 0.667 bits per heavy atom. The summed E-state index contributed by atoms with van der Waals surface area (Å²) >= 11 is 0. The fraction of sp³-hybridized carbons (Fsp3) is 0.300. The van der Waals surface area contributed by atoms with Gasteiger partial charge in [0.1, 0.15) is 36.9 Å². The van der Waals surface area contributed by atoms with Gasteiger partial charge in [-0.15, -0.1) is 0 Å². The Kier molecular flexibility index (Phi) is 10.9. The van der Waals surface area contributed by atoms with Crippen molar-refractivity contribution in [2.75, 3.05) is 26.4 Å². The molecule has 2 aromatic rings. The van der Waals surface area contributed by atoms with Crippen LogP contribution in [0, 0.1) is 0 Å². The summed E-state index contributed by atoms with van der Waals surface area (Å²) in [6.45, 7) is -0.785. The highest BCUT2D eigenvalue weighted by Gasteiger charge is 2.06. The third kappa shape index (κ3) is 9.34. The van der Waals surface area contributed by atoms with Gasteiger partial charge in [-0.1, -0.05) is 0 Å². The average Bonchev–Trinajstić information content (AvgIpc) is 2.76. The van der Waals surface area contributed by atoms with E-state index in [1.165, 1.54) is 48.5 Å². The SMILES string of the molecule is O=C(O)c1ccc(OC[C@H](O)CO)cc1.O=C(O)c1ccc(OC[C@H](O)CO)cc1. The van der Waals surface area contributed by atoms with E-state index in [0.29, 0.717) is 11.5 Å². The van der Waals surface area contributed by atoms with Gasteiger partial charge in [-0.2, -0.15) is 0 Å². The fourth-order valence-electron chi connectivity index (χ4n) is 1.88. The Balaban J connectivity index is 0.000000300. The fourth-order valence-corrected chi connectivity index (χ4v) is 1.88. The summed E-state index contributed by atoms with van der Waals surface area (Å²) in [5.74, 6) is -1.10. The Morgan fingerprint density at radius 3 is 1.20 bits per heavy atom. The Hall–Kier alpha value is -3.18. The summed E-state index contributed by atoms with van der Waals surface area (Å²) in [6, 6.07) is 11.6. The second-order valence-corrected chi connectivity index (χ2v) is 5.95. The van der Waals surface area contributed by atoms with Gasteiger partial charge < -0.3 is 40.1 Å². The molecule has 0 bridgehead atoms. The molecule has 30 heavy (non-hydrogen) atoms. The van der Waals surface area contributed by atoms with Crippen molar-refractivity contribution >= 4 is 11.9 Å². The number of hydrogen-bond donors (Lipinski definition) is 6. The topological polar surface area (TPSA) is 174 Å². The first-order valence-corrected chi connectivity index (χ1v) is 8.77. The largest absolute Gasteiger partial charge is 0.491 e. The second kappa shape index (κ2) is 13.1. The highest BCUT2D eigenvalue weighted by Crippen LogP contribution is 2.13. The molecule has 2 rings (SSSR count). The van der Waals surface area contributed by atoms with Crippen LogP contribution in [0.1, 0.15) is 20.7 Å². The summed E-state index contributed by atoms with van der Waals surface area (Å²) in [7, 11) is 0. The number of aliphatic hydroxyl groups is 4. The van der Waals surface area contributed by atoms with Crippen molar-refractivity contribution in [1.29, 1.82) is 0 Å². The van der Waals surface area contributed by atoms with Gasteiger partial charge >= 0.3 is 11.9 Å². The number of carboxylic acids is 2. The first-order valence-electron chi connectivity index (χ1n) is 8.77. The van der Waals surface area contributed by atoms with Crippen molar-refractivity contribution in [2.45, 2.75) is 12.2 Å². The van der Waals surface area contributed by atoms with Crippen LogP contribution in [-0.4, -0.2) is 81.2 Å². The van der Waals surface area contributed by atoms with E-state index in [1.807, 2.05) is 0 Å². The molecule has 0 aliphatic carbocycles. The lowest BCUT2D eigenvalue weighted by atomic mass is 10.2. The van der Waals surface area contributed by atoms with Crippen molar-refractivity contribution in [1.82, 2.24) is 0 Å². The number of carboxylic acid groups (broad SMARTS) is 2. The van der Waals surface area contributed by atoms with Gasteiger partial charge in [0, 0.05) is 0 Å². The molecule has 0 aliphatic rings. The minimum absolute atomic E-state index is 0.0249. The monoisotopic (exact) mass is 424 g/mol. The Bertz CT molecular complexity index is 706. The van der Waals surface area contributed by atoms with Gasteiger partial charge in [0.15, 0.2) is 0 Å². The molecule has 0 aromatic heterocycles. The maximum absolute atomic E-state index is 10.5. The van der Waals surface area contributed by atoms with E-state index < -0.39 is 24.1 Å². The number of benzene rings is 2. The number of aromatic carboxylic acids is 2. The van der Waals surface area contributed by atoms with Crippen LogP contribution in [0.4, 0.5) is 0 Å². The van der Waals surface area contributed by atoms with Crippen LogP contribution in [0.2, 0.25) is 0 Å². The highest BCUT2D eigenvalue weighted by molar-refractivity contribution is 5.88. The Labute approximate surface area is 172 Å². The third-order valence-electron chi connectivity index (χ3n) is 3.51. The molecule has 0 heterocycles. The number of hydrogen-bond acceptors (Lipinski definition) is 8. The van der Waals surface area contributed by atoms with Crippen LogP contribution in [0.25, 0.3) is 0 Å². The molecular formula is C20H24O10. The highest BCUT2D eigenvalue weighted by atomic mass is 16.5. The van der Waals surface area contributed by atoms with Crippen molar-refractivity contribution < 1.29 is 49.7 Å². The molecule has 0 unspecified atom stereocenters. The van der Waals surface area contributed by atoms with Crippen LogP contribution in [0.15, 0.2) is 48.5 Å². The van der Waals surface area contributed by atoms with E-state index in [4.69, 9.17) is 40.1 Å². The lowest BCUT2D eigenvalue weighted by Crippen LogP contribution is -2.21. The molecule has 10 nitrogen and oxygen atoms in total. The van der Waals surface area contributed by atoms with E-state index in [1.54, 1.807) is 0 Å². The summed E-state index contributed by atoms with van der Waals surface area (Å²) in [5.41, 5.74) is 0.343. The quantitative estimate of drug-likeness (QED) is 0.310. The smallest absolute Gasteiger partial charge is 0.335 e. The molecule has 2 atom stereocenters. The van der Waals surface area contributed by atoms with Crippen molar-refractivity contribution in [3.05, 3.63) is 59.7 Å². The van der Waals surface area contributed by atoms with E-state index in [2.05, 4.69) is 0 Å². The lowest BCUT2D eigenvalue weighted by Gasteiger charge is -2.09. The van der Waals surface area contributed by atoms with E-state index in [9.17, 15) is 9.59 Å².